The van der Waals surface area contributed by atoms with E-state index >= 15 is 0 Å². The van der Waals surface area contributed by atoms with Crippen molar-refractivity contribution < 1.29 is 13.2 Å². The van der Waals surface area contributed by atoms with Crippen molar-refractivity contribution in [2.24, 2.45) is 0 Å². The average molecular weight is 389 g/mol. The zero-order chi connectivity index (χ0) is 19.4. The van der Waals surface area contributed by atoms with Gasteiger partial charge in [0.25, 0.3) is 0 Å². The zero-order valence-corrected chi connectivity index (χ0v) is 16.9. The molecule has 1 amide bonds. The van der Waals surface area contributed by atoms with Gasteiger partial charge in [0.05, 0.1) is 11.4 Å². The van der Waals surface area contributed by atoms with Crippen molar-refractivity contribution >= 4 is 26.7 Å². The summed E-state index contributed by atoms with van der Waals surface area (Å²) in [4.78, 5) is 14.6. The van der Waals surface area contributed by atoms with Crippen molar-refractivity contribution in [3.63, 3.8) is 0 Å². The Morgan fingerprint density at radius 3 is 2.26 bits per heavy atom. The van der Waals surface area contributed by atoms with Gasteiger partial charge in [-0.3, -0.25) is 4.79 Å². The van der Waals surface area contributed by atoms with Gasteiger partial charge >= 0.3 is 0 Å². The van der Waals surface area contributed by atoms with E-state index in [-0.39, 0.29) is 23.4 Å². The number of amides is 1. The number of carbonyl (C=O) groups is 1. The number of benzene rings is 2. The van der Waals surface area contributed by atoms with Crippen molar-refractivity contribution in [2.75, 3.05) is 20.6 Å². The number of hydrogen-bond acceptors (Lipinski definition) is 3. The monoisotopic (exact) mass is 388 g/mol. The molecule has 0 saturated heterocycles. The molecule has 0 aromatic heterocycles. The molecule has 0 spiro atoms. The van der Waals surface area contributed by atoms with Crippen LogP contribution in [0.5, 0.6) is 0 Å². The molecule has 3 rings (SSSR count). The number of rotatable bonds is 5. The van der Waals surface area contributed by atoms with E-state index in [1.165, 1.54) is 19.9 Å². The van der Waals surface area contributed by atoms with Crippen LogP contribution in [0.4, 0.5) is 0 Å². The second-order valence-electron chi connectivity index (χ2n) is 7.42. The van der Waals surface area contributed by atoms with E-state index in [0.29, 0.717) is 0 Å². The highest BCUT2D eigenvalue weighted by molar-refractivity contribution is 7.89. The van der Waals surface area contributed by atoms with Crippen molar-refractivity contribution in [3.05, 3.63) is 42.5 Å². The molecular formula is C21H28N2O3S. The second-order valence-corrected chi connectivity index (χ2v) is 9.46. The van der Waals surface area contributed by atoms with Crippen LogP contribution < -0.4 is 0 Å². The summed E-state index contributed by atoms with van der Waals surface area (Å²) in [5.41, 5.74) is 0. The first kappa shape index (κ1) is 19.8. The molecule has 0 aliphatic heterocycles. The Morgan fingerprint density at radius 1 is 0.963 bits per heavy atom. The van der Waals surface area contributed by atoms with Gasteiger partial charge in [0.15, 0.2) is 0 Å². The second kappa shape index (κ2) is 8.40. The van der Waals surface area contributed by atoms with E-state index in [4.69, 9.17) is 0 Å². The van der Waals surface area contributed by atoms with Gasteiger partial charge in [-0.1, -0.05) is 56.0 Å². The first-order valence-corrected chi connectivity index (χ1v) is 11.0. The van der Waals surface area contributed by atoms with Crippen LogP contribution in [0.3, 0.4) is 0 Å². The Hall–Kier alpha value is -1.92. The number of fused-ring (bicyclic) bond motifs is 1. The van der Waals surface area contributed by atoms with Crippen molar-refractivity contribution in [3.8, 4) is 0 Å². The number of sulfonamides is 1. The minimum absolute atomic E-state index is 0.137. The average Bonchev–Trinajstić information content (AvgIpc) is 2.96. The first-order chi connectivity index (χ1) is 12.9. The molecule has 2 aromatic rings. The summed E-state index contributed by atoms with van der Waals surface area (Å²) in [6.45, 7) is -0.137. The summed E-state index contributed by atoms with van der Waals surface area (Å²) >= 11 is 0. The van der Waals surface area contributed by atoms with Crippen LogP contribution in [0.1, 0.15) is 38.5 Å². The lowest BCUT2D eigenvalue weighted by Gasteiger charge is -2.29. The summed E-state index contributed by atoms with van der Waals surface area (Å²) in [6.07, 6.45) is 6.71. The lowest BCUT2D eigenvalue weighted by atomic mass is 10.1. The Morgan fingerprint density at radius 2 is 1.59 bits per heavy atom. The van der Waals surface area contributed by atoms with E-state index in [2.05, 4.69) is 0 Å². The summed E-state index contributed by atoms with van der Waals surface area (Å²) in [5, 5.41) is 1.86. The predicted octanol–water partition coefficient (Wildman–Crippen LogP) is 3.64. The molecule has 0 unspecified atom stereocenters. The van der Waals surface area contributed by atoms with Crippen molar-refractivity contribution in [1.82, 2.24) is 9.21 Å². The Bertz CT molecular complexity index is 903. The molecule has 0 atom stereocenters. The van der Waals surface area contributed by atoms with Crippen LogP contribution in [0, 0.1) is 0 Å². The maximum absolute atomic E-state index is 12.9. The molecule has 0 heterocycles. The smallest absolute Gasteiger partial charge is 0.243 e. The van der Waals surface area contributed by atoms with E-state index < -0.39 is 10.0 Å². The molecule has 146 valence electrons. The maximum Gasteiger partial charge on any atom is 0.243 e. The fraction of sp³-hybridized carbons (Fsp3) is 0.476. The topological polar surface area (TPSA) is 57.7 Å². The van der Waals surface area contributed by atoms with Gasteiger partial charge in [0, 0.05) is 20.1 Å². The molecule has 2 aromatic carbocycles. The molecular weight excluding hydrogens is 360 g/mol. The molecule has 0 N–H and O–H groups in total. The van der Waals surface area contributed by atoms with Crippen molar-refractivity contribution in [2.45, 2.75) is 49.5 Å². The molecule has 1 aliphatic rings. The number of likely N-dealkylation sites (N-methyl/N-ethyl adjacent to an activating group) is 2. The largest absolute Gasteiger partial charge is 0.342 e. The minimum Gasteiger partial charge on any atom is -0.342 e. The van der Waals surface area contributed by atoms with Crippen LogP contribution in [0.25, 0.3) is 10.8 Å². The zero-order valence-electron chi connectivity index (χ0n) is 16.1. The lowest BCUT2D eigenvalue weighted by Crippen LogP contribution is -2.43. The minimum atomic E-state index is -3.71. The highest BCUT2D eigenvalue weighted by atomic mass is 32.2. The van der Waals surface area contributed by atoms with Gasteiger partial charge in [-0.2, -0.15) is 4.31 Å². The Balaban J connectivity index is 1.72. The van der Waals surface area contributed by atoms with E-state index in [0.717, 1.165) is 40.8 Å². The SMILES string of the molecule is CN(C(=O)CN(C)S(=O)(=O)c1ccc2ccccc2c1)C1CCCCCC1. The van der Waals surface area contributed by atoms with Crippen LogP contribution in [-0.4, -0.2) is 50.2 Å². The van der Waals surface area contributed by atoms with Crippen LogP contribution >= 0.6 is 0 Å². The van der Waals surface area contributed by atoms with Crippen LogP contribution in [-0.2, 0) is 14.8 Å². The first-order valence-electron chi connectivity index (χ1n) is 9.60. The van der Waals surface area contributed by atoms with Gasteiger partial charge in [0.1, 0.15) is 0 Å². The van der Waals surface area contributed by atoms with Gasteiger partial charge in [-0.15, -0.1) is 0 Å². The highest BCUT2D eigenvalue weighted by Gasteiger charge is 2.27. The summed E-state index contributed by atoms with van der Waals surface area (Å²) in [5.74, 6) is -0.145. The standard InChI is InChI=1S/C21H28N2O3S/c1-22(16-21(24)23(2)19-11-5-3-4-6-12-19)27(25,26)20-14-13-17-9-7-8-10-18(17)15-20/h7-10,13-15,19H,3-6,11-12,16H2,1-2H3. The number of hydrogen-bond donors (Lipinski definition) is 0. The predicted molar refractivity (Wildman–Crippen MR) is 108 cm³/mol. The quantitative estimate of drug-likeness (QED) is 0.735. The lowest BCUT2D eigenvalue weighted by molar-refractivity contribution is -0.132. The van der Waals surface area contributed by atoms with Gasteiger partial charge < -0.3 is 4.90 Å². The molecule has 0 bridgehead atoms. The molecule has 1 saturated carbocycles. The van der Waals surface area contributed by atoms with Gasteiger partial charge in [0.2, 0.25) is 15.9 Å². The molecule has 1 fully saturated rings. The number of carbonyl (C=O) groups excluding carboxylic acids is 1. The fourth-order valence-corrected chi connectivity index (χ4v) is 4.90. The van der Waals surface area contributed by atoms with E-state index in [1.807, 2.05) is 24.3 Å². The summed E-state index contributed by atoms with van der Waals surface area (Å²) < 4.78 is 27.0. The third-order valence-corrected chi connectivity index (χ3v) is 7.35. The summed E-state index contributed by atoms with van der Waals surface area (Å²) in [6, 6.07) is 12.9. The van der Waals surface area contributed by atoms with E-state index in [1.54, 1.807) is 30.1 Å². The Kier molecular flexibility index (Phi) is 6.17. The van der Waals surface area contributed by atoms with Crippen LogP contribution in [0.2, 0.25) is 0 Å². The van der Waals surface area contributed by atoms with Crippen molar-refractivity contribution in [1.29, 1.82) is 0 Å². The third kappa shape index (κ3) is 4.50. The molecule has 1 aliphatic carbocycles. The van der Waals surface area contributed by atoms with Gasteiger partial charge in [-0.25, -0.2) is 8.42 Å². The van der Waals surface area contributed by atoms with E-state index in [9.17, 15) is 13.2 Å². The maximum atomic E-state index is 12.9. The fourth-order valence-electron chi connectivity index (χ4n) is 3.74. The normalized spacial score (nSPS) is 16.4. The van der Waals surface area contributed by atoms with Gasteiger partial charge in [-0.05, 0) is 35.7 Å². The molecule has 0 radical (unpaired) electrons. The molecule has 6 heteroatoms. The third-order valence-electron chi connectivity index (χ3n) is 5.55. The molecule has 27 heavy (non-hydrogen) atoms. The molecule has 5 nitrogen and oxygen atoms in total. The highest BCUT2D eigenvalue weighted by Crippen LogP contribution is 2.23. The Labute approximate surface area is 162 Å². The summed E-state index contributed by atoms with van der Waals surface area (Å²) in [7, 11) is -0.435. The van der Waals surface area contributed by atoms with Crippen LogP contribution in [0.15, 0.2) is 47.4 Å². The number of nitrogens with zero attached hydrogens (tertiary/aromatic N) is 2.